The fourth-order valence-electron chi connectivity index (χ4n) is 1.69. The molecule has 0 radical (unpaired) electrons. The molecule has 2 rings (SSSR count). The van der Waals surface area contributed by atoms with Crippen molar-refractivity contribution in [2.75, 3.05) is 13.6 Å². The highest BCUT2D eigenvalue weighted by atomic mass is 127. The van der Waals surface area contributed by atoms with Gasteiger partial charge in [0.2, 0.25) is 0 Å². The van der Waals surface area contributed by atoms with Crippen molar-refractivity contribution >= 4 is 68.5 Å². The van der Waals surface area contributed by atoms with Gasteiger partial charge in [-0.3, -0.25) is 4.99 Å². The number of hydrogen-bond acceptors (Lipinski definition) is 4. The fourth-order valence-corrected chi connectivity index (χ4v) is 3.92. The van der Waals surface area contributed by atoms with E-state index >= 15 is 0 Å². The average molecular weight is 555 g/mol. The van der Waals surface area contributed by atoms with Gasteiger partial charge in [0.05, 0.1) is 10.3 Å². The number of guanidine groups is 1. The standard InChI is InChI=1S/C13H14BrF3N4S2.HI/c1-18-12(19-5-4-8-2-3-10(14)23-8)20-6-11-21-9(7-22-11)13(15,16)17;/h2-3,7H,4-6H2,1H3,(H2,18,19,20);1H. The number of alkyl halides is 3. The van der Waals surface area contributed by atoms with Crippen LogP contribution in [0.5, 0.6) is 0 Å². The first-order valence-corrected chi connectivity index (χ1v) is 9.07. The van der Waals surface area contributed by atoms with Gasteiger partial charge in [-0.15, -0.1) is 46.7 Å². The molecule has 2 aromatic heterocycles. The number of aliphatic imine (C=N–C) groups is 1. The number of thiophene rings is 1. The lowest BCUT2D eigenvalue weighted by Crippen LogP contribution is -2.37. The molecule has 2 heterocycles. The van der Waals surface area contributed by atoms with E-state index in [1.165, 1.54) is 4.88 Å². The lowest BCUT2D eigenvalue weighted by atomic mass is 10.3. The molecule has 0 saturated heterocycles. The summed E-state index contributed by atoms with van der Waals surface area (Å²) in [6, 6.07) is 4.04. The third-order valence-corrected chi connectivity index (χ3v) is 5.30. The number of nitrogens with one attached hydrogen (secondary N) is 2. The van der Waals surface area contributed by atoms with E-state index in [0.717, 1.165) is 26.9 Å². The van der Waals surface area contributed by atoms with E-state index in [1.807, 2.05) is 12.1 Å². The molecule has 2 aromatic rings. The van der Waals surface area contributed by atoms with E-state index in [4.69, 9.17) is 0 Å². The Bertz CT molecular complexity index is 672. The molecular formula is C13H15BrF3IN4S2. The molecule has 2 N–H and O–H groups in total. The van der Waals surface area contributed by atoms with Crippen molar-refractivity contribution in [1.29, 1.82) is 0 Å². The van der Waals surface area contributed by atoms with Crippen molar-refractivity contribution in [2.45, 2.75) is 19.1 Å². The molecule has 0 bridgehead atoms. The highest BCUT2D eigenvalue weighted by Crippen LogP contribution is 2.29. The molecule has 0 aliphatic carbocycles. The third kappa shape index (κ3) is 6.84. The summed E-state index contributed by atoms with van der Waals surface area (Å²) in [5.74, 6) is 0.532. The van der Waals surface area contributed by atoms with Gasteiger partial charge in [-0.2, -0.15) is 13.2 Å². The van der Waals surface area contributed by atoms with Crippen molar-refractivity contribution in [1.82, 2.24) is 15.6 Å². The van der Waals surface area contributed by atoms with E-state index in [2.05, 4.69) is 36.5 Å². The summed E-state index contributed by atoms with van der Waals surface area (Å²) < 4.78 is 38.5. The van der Waals surface area contributed by atoms with Crippen molar-refractivity contribution in [3.63, 3.8) is 0 Å². The molecule has 0 amide bonds. The molecule has 0 fully saturated rings. The van der Waals surface area contributed by atoms with Crippen LogP contribution in [0.3, 0.4) is 0 Å². The van der Waals surface area contributed by atoms with Crippen molar-refractivity contribution in [3.05, 3.63) is 36.9 Å². The number of halogens is 5. The zero-order valence-electron chi connectivity index (χ0n) is 12.5. The van der Waals surface area contributed by atoms with Crippen molar-refractivity contribution < 1.29 is 13.2 Å². The summed E-state index contributed by atoms with van der Waals surface area (Å²) in [7, 11) is 1.61. The lowest BCUT2D eigenvalue weighted by molar-refractivity contribution is -0.140. The molecule has 0 atom stereocenters. The first-order chi connectivity index (χ1) is 10.9. The van der Waals surface area contributed by atoms with Gasteiger partial charge in [-0.25, -0.2) is 4.98 Å². The second kappa shape index (κ2) is 9.92. The van der Waals surface area contributed by atoms with E-state index in [0.29, 0.717) is 17.5 Å². The van der Waals surface area contributed by atoms with Gasteiger partial charge >= 0.3 is 6.18 Å². The van der Waals surface area contributed by atoms with Crippen molar-refractivity contribution in [3.8, 4) is 0 Å². The monoisotopic (exact) mass is 554 g/mol. The molecule has 11 heteroatoms. The minimum absolute atomic E-state index is 0. The van der Waals surface area contributed by atoms with Gasteiger partial charge in [-0.05, 0) is 34.5 Å². The van der Waals surface area contributed by atoms with Gasteiger partial charge < -0.3 is 10.6 Å². The fraction of sp³-hybridized carbons (Fsp3) is 0.385. The van der Waals surface area contributed by atoms with E-state index in [1.54, 1.807) is 18.4 Å². The zero-order chi connectivity index (χ0) is 16.9. The minimum Gasteiger partial charge on any atom is -0.356 e. The van der Waals surface area contributed by atoms with Crippen molar-refractivity contribution in [2.24, 2.45) is 4.99 Å². The largest absolute Gasteiger partial charge is 0.434 e. The summed E-state index contributed by atoms with van der Waals surface area (Å²) in [4.78, 5) is 8.83. The Labute approximate surface area is 171 Å². The molecule has 4 nitrogen and oxygen atoms in total. The van der Waals surface area contributed by atoms with Gasteiger partial charge in [0.15, 0.2) is 11.7 Å². The second-order valence-corrected chi connectivity index (χ2v) is 7.92. The molecule has 0 aliphatic rings. The second-order valence-electron chi connectivity index (χ2n) is 4.43. The molecule has 0 spiro atoms. The molecule has 0 aliphatic heterocycles. The Kier molecular flexibility index (Phi) is 8.95. The van der Waals surface area contributed by atoms with Crippen LogP contribution < -0.4 is 10.6 Å². The van der Waals surface area contributed by atoms with Crippen LogP contribution in [0.2, 0.25) is 0 Å². The molecule has 0 unspecified atom stereocenters. The number of rotatable bonds is 5. The summed E-state index contributed by atoms with van der Waals surface area (Å²) in [5.41, 5.74) is -0.856. The summed E-state index contributed by atoms with van der Waals surface area (Å²) >= 11 is 6.05. The maximum Gasteiger partial charge on any atom is 0.434 e. The quantitative estimate of drug-likeness (QED) is 0.325. The Morgan fingerprint density at radius 2 is 2.08 bits per heavy atom. The highest BCUT2D eigenvalue weighted by Gasteiger charge is 2.33. The van der Waals surface area contributed by atoms with Gasteiger partial charge in [0.25, 0.3) is 0 Å². The van der Waals surface area contributed by atoms with Crippen LogP contribution in [-0.2, 0) is 19.1 Å². The first-order valence-electron chi connectivity index (χ1n) is 6.59. The Hall–Kier alpha value is -0.400. The zero-order valence-corrected chi connectivity index (χ0v) is 18.0. The Morgan fingerprint density at radius 3 is 2.62 bits per heavy atom. The topological polar surface area (TPSA) is 49.3 Å². The first kappa shape index (κ1) is 21.6. The Balaban J connectivity index is 0.00000288. The minimum atomic E-state index is -4.40. The molecule has 0 saturated carbocycles. The van der Waals surface area contributed by atoms with Crippen LogP contribution in [0.1, 0.15) is 15.6 Å². The van der Waals surface area contributed by atoms with Gasteiger partial charge in [0.1, 0.15) is 5.01 Å². The predicted molar refractivity (Wildman–Crippen MR) is 106 cm³/mol. The molecular weight excluding hydrogens is 540 g/mol. The average Bonchev–Trinajstić information content (AvgIpc) is 3.11. The SMILES string of the molecule is CN=C(NCCc1ccc(Br)s1)NCc1nc(C(F)(F)F)cs1.I. The lowest BCUT2D eigenvalue weighted by Gasteiger charge is -2.10. The highest BCUT2D eigenvalue weighted by molar-refractivity contribution is 14.0. The normalized spacial score (nSPS) is 12.0. The smallest absolute Gasteiger partial charge is 0.356 e. The third-order valence-electron chi connectivity index (χ3n) is 2.77. The van der Waals surface area contributed by atoms with Crippen LogP contribution >= 0.6 is 62.6 Å². The van der Waals surface area contributed by atoms with Crippen LogP contribution in [-0.4, -0.2) is 24.5 Å². The summed E-state index contributed by atoms with van der Waals surface area (Å²) in [6.07, 6.45) is -3.56. The predicted octanol–water partition coefficient (Wildman–Crippen LogP) is 4.51. The Morgan fingerprint density at radius 1 is 1.33 bits per heavy atom. The molecule has 24 heavy (non-hydrogen) atoms. The maximum absolute atomic E-state index is 12.5. The summed E-state index contributed by atoms with van der Waals surface area (Å²) in [5, 5.41) is 7.45. The van der Waals surface area contributed by atoms with Crippen LogP contribution in [0, 0.1) is 0 Å². The van der Waals surface area contributed by atoms with E-state index < -0.39 is 11.9 Å². The van der Waals surface area contributed by atoms with Gasteiger partial charge in [0, 0.05) is 23.8 Å². The van der Waals surface area contributed by atoms with Gasteiger partial charge in [-0.1, -0.05) is 0 Å². The van der Waals surface area contributed by atoms with Crippen LogP contribution in [0.15, 0.2) is 26.3 Å². The van der Waals surface area contributed by atoms with Crippen LogP contribution in [0.25, 0.3) is 0 Å². The molecule has 134 valence electrons. The van der Waals surface area contributed by atoms with E-state index in [-0.39, 0.29) is 30.5 Å². The number of thiazole rings is 1. The number of hydrogen-bond donors (Lipinski definition) is 2. The van der Waals surface area contributed by atoms with Crippen LogP contribution in [0.4, 0.5) is 13.2 Å². The molecule has 0 aromatic carbocycles. The summed E-state index contributed by atoms with van der Waals surface area (Å²) in [6.45, 7) is 0.878. The number of nitrogens with zero attached hydrogens (tertiary/aromatic N) is 2. The van der Waals surface area contributed by atoms with E-state index in [9.17, 15) is 13.2 Å². The maximum atomic E-state index is 12.5. The number of aromatic nitrogens is 1.